The molecule has 4 heteroatoms. The van der Waals surface area contributed by atoms with Crippen molar-refractivity contribution in [3.05, 3.63) is 47.2 Å². The van der Waals surface area contributed by atoms with Crippen molar-refractivity contribution in [2.75, 3.05) is 5.32 Å². The standard InChI is InChI=1S/C13H15N3O/c1-3-10-4-6-11(7-5-10)13(17)14-12-8-9(2)15-16-12/h4-8H,3H2,1-2H3,(H2,14,15,16,17). The monoisotopic (exact) mass is 229 g/mol. The molecule has 0 aliphatic heterocycles. The Bertz CT molecular complexity index is 514. The van der Waals surface area contributed by atoms with E-state index in [9.17, 15) is 4.79 Å². The molecular weight excluding hydrogens is 214 g/mol. The van der Waals surface area contributed by atoms with Crippen LogP contribution in [0.25, 0.3) is 0 Å². The Morgan fingerprint density at radius 2 is 2.06 bits per heavy atom. The molecule has 0 saturated carbocycles. The number of H-pyrrole nitrogens is 1. The highest BCUT2D eigenvalue weighted by Crippen LogP contribution is 2.09. The molecule has 4 nitrogen and oxygen atoms in total. The summed E-state index contributed by atoms with van der Waals surface area (Å²) in [7, 11) is 0. The van der Waals surface area contributed by atoms with E-state index in [2.05, 4.69) is 22.4 Å². The minimum Gasteiger partial charge on any atom is -0.305 e. The zero-order valence-electron chi connectivity index (χ0n) is 9.95. The third kappa shape index (κ3) is 2.72. The summed E-state index contributed by atoms with van der Waals surface area (Å²) in [5, 5.41) is 9.47. The Morgan fingerprint density at radius 3 is 2.59 bits per heavy atom. The van der Waals surface area contributed by atoms with Gasteiger partial charge in [-0.2, -0.15) is 5.10 Å². The number of carbonyl (C=O) groups is 1. The zero-order valence-corrected chi connectivity index (χ0v) is 9.95. The van der Waals surface area contributed by atoms with Gasteiger partial charge in [0, 0.05) is 17.3 Å². The average molecular weight is 229 g/mol. The van der Waals surface area contributed by atoms with Crippen LogP contribution in [-0.2, 0) is 6.42 Å². The average Bonchev–Trinajstić information content (AvgIpc) is 2.75. The minimum atomic E-state index is -0.140. The first-order valence-corrected chi connectivity index (χ1v) is 5.61. The van der Waals surface area contributed by atoms with Gasteiger partial charge in [0.2, 0.25) is 0 Å². The van der Waals surface area contributed by atoms with Crippen LogP contribution in [0.2, 0.25) is 0 Å². The third-order valence-corrected chi connectivity index (χ3v) is 2.57. The number of nitrogens with one attached hydrogen (secondary N) is 2. The highest BCUT2D eigenvalue weighted by atomic mass is 16.1. The number of nitrogens with zero attached hydrogens (tertiary/aromatic N) is 1. The smallest absolute Gasteiger partial charge is 0.256 e. The molecule has 0 aliphatic carbocycles. The second-order valence-electron chi connectivity index (χ2n) is 3.94. The van der Waals surface area contributed by atoms with Gasteiger partial charge in [-0.05, 0) is 31.0 Å². The summed E-state index contributed by atoms with van der Waals surface area (Å²) in [5.74, 6) is 0.409. The van der Waals surface area contributed by atoms with Gasteiger partial charge in [-0.1, -0.05) is 19.1 Å². The fraction of sp³-hybridized carbons (Fsp3) is 0.231. The lowest BCUT2D eigenvalue weighted by Gasteiger charge is -2.02. The molecule has 0 radical (unpaired) electrons. The number of amides is 1. The topological polar surface area (TPSA) is 57.8 Å². The van der Waals surface area contributed by atoms with Gasteiger partial charge in [-0.3, -0.25) is 9.89 Å². The molecule has 0 spiro atoms. The van der Waals surface area contributed by atoms with Gasteiger partial charge in [-0.25, -0.2) is 0 Å². The van der Waals surface area contributed by atoms with Crippen LogP contribution in [-0.4, -0.2) is 16.1 Å². The largest absolute Gasteiger partial charge is 0.305 e. The predicted octanol–water partition coefficient (Wildman–Crippen LogP) is 2.53. The fourth-order valence-electron chi connectivity index (χ4n) is 1.56. The van der Waals surface area contributed by atoms with E-state index in [1.54, 1.807) is 6.07 Å². The van der Waals surface area contributed by atoms with Gasteiger partial charge in [0.05, 0.1) is 0 Å². The second-order valence-corrected chi connectivity index (χ2v) is 3.94. The first-order valence-electron chi connectivity index (χ1n) is 5.61. The Morgan fingerprint density at radius 1 is 1.35 bits per heavy atom. The van der Waals surface area contributed by atoms with Gasteiger partial charge >= 0.3 is 0 Å². The van der Waals surface area contributed by atoms with Crippen LogP contribution in [0.4, 0.5) is 5.82 Å². The molecule has 0 unspecified atom stereocenters. The maximum atomic E-state index is 11.9. The maximum Gasteiger partial charge on any atom is 0.256 e. The van der Waals surface area contributed by atoms with Crippen molar-refractivity contribution in [1.82, 2.24) is 10.2 Å². The fourth-order valence-corrected chi connectivity index (χ4v) is 1.56. The molecule has 1 aromatic heterocycles. The van der Waals surface area contributed by atoms with Gasteiger partial charge in [0.15, 0.2) is 5.82 Å². The third-order valence-electron chi connectivity index (χ3n) is 2.57. The summed E-state index contributed by atoms with van der Waals surface area (Å²) < 4.78 is 0. The molecule has 0 saturated heterocycles. The highest BCUT2D eigenvalue weighted by molar-refractivity contribution is 6.03. The zero-order chi connectivity index (χ0) is 12.3. The summed E-state index contributed by atoms with van der Waals surface area (Å²) in [4.78, 5) is 11.9. The second kappa shape index (κ2) is 4.82. The number of aromatic amines is 1. The van der Waals surface area contributed by atoms with Crippen molar-refractivity contribution < 1.29 is 4.79 Å². The van der Waals surface area contributed by atoms with E-state index in [0.29, 0.717) is 11.4 Å². The Balaban J connectivity index is 2.09. The molecule has 1 amide bonds. The number of carbonyl (C=O) groups excluding carboxylic acids is 1. The van der Waals surface area contributed by atoms with E-state index in [0.717, 1.165) is 12.1 Å². The van der Waals surface area contributed by atoms with Crippen molar-refractivity contribution in [2.45, 2.75) is 20.3 Å². The number of benzene rings is 1. The minimum absolute atomic E-state index is 0.140. The van der Waals surface area contributed by atoms with Crippen molar-refractivity contribution in [3.63, 3.8) is 0 Å². The van der Waals surface area contributed by atoms with E-state index in [4.69, 9.17) is 0 Å². The quantitative estimate of drug-likeness (QED) is 0.849. The summed E-state index contributed by atoms with van der Waals surface area (Å²) in [6.07, 6.45) is 0.973. The SMILES string of the molecule is CCc1ccc(C(=O)Nc2cc(C)[nH]n2)cc1. The molecule has 0 bridgehead atoms. The molecule has 2 aromatic rings. The summed E-state index contributed by atoms with van der Waals surface area (Å²) >= 11 is 0. The summed E-state index contributed by atoms with van der Waals surface area (Å²) in [6.45, 7) is 3.97. The van der Waals surface area contributed by atoms with Crippen LogP contribution in [0.3, 0.4) is 0 Å². The predicted molar refractivity (Wildman–Crippen MR) is 67.1 cm³/mol. The summed E-state index contributed by atoms with van der Waals surface area (Å²) in [5.41, 5.74) is 2.78. The van der Waals surface area contributed by atoms with Crippen molar-refractivity contribution >= 4 is 11.7 Å². The summed E-state index contributed by atoms with van der Waals surface area (Å²) in [6, 6.07) is 9.37. The number of aromatic nitrogens is 2. The van der Waals surface area contributed by atoms with Crippen LogP contribution in [0.15, 0.2) is 30.3 Å². The Hall–Kier alpha value is -2.10. The first-order chi connectivity index (χ1) is 8.19. The lowest BCUT2D eigenvalue weighted by atomic mass is 10.1. The molecule has 0 aliphatic rings. The van der Waals surface area contributed by atoms with Crippen molar-refractivity contribution in [1.29, 1.82) is 0 Å². The van der Waals surface area contributed by atoms with Crippen molar-refractivity contribution in [3.8, 4) is 0 Å². The molecule has 2 N–H and O–H groups in total. The van der Waals surface area contributed by atoms with Gasteiger partial charge < -0.3 is 5.32 Å². The maximum absolute atomic E-state index is 11.9. The highest BCUT2D eigenvalue weighted by Gasteiger charge is 2.07. The molecule has 0 fully saturated rings. The number of hydrogen-bond donors (Lipinski definition) is 2. The molecule has 17 heavy (non-hydrogen) atoms. The van der Waals surface area contributed by atoms with E-state index in [1.807, 2.05) is 31.2 Å². The molecule has 1 heterocycles. The first kappa shape index (κ1) is 11.4. The Kier molecular flexibility index (Phi) is 3.23. The van der Waals surface area contributed by atoms with Crippen LogP contribution in [0, 0.1) is 6.92 Å². The van der Waals surface area contributed by atoms with Gasteiger partial charge in [0.25, 0.3) is 5.91 Å². The molecule has 1 aromatic carbocycles. The van der Waals surface area contributed by atoms with Gasteiger partial charge in [0.1, 0.15) is 0 Å². The normalized spacial score (nSPS) is 10.2. The number of anilines is 1. The lowest BCUT2D eigenvalue weighted by molar-refractivity contribution is 0.102. The van der Waals surface area contributed by atoms with Crippen LogP contribution < -0.4 is 5.32 Å². The van der Waals surface area contributed by atoms with E-state index in [1.165, 1.54) is 5.56 Å². The molecule has 0 atom stereocenters. The van der Waals surface area contributed by atoms with E-state index < -0.39 is 0 Å². The van der Waals surface area contributed by atoms with Crippen LogP contribution in [0.5, 0.6) is 0 Å². The molecular formula is C13H15N3O. The van der Waals surface area contributed by atoms with Crippen molar-refractivity contribution in [2.24, 2.45) is 0 Å². The molecule has 2 rings (SSSR count). The number of rotatable bonds is 3. The number of hydrogen-bond acceptors (Lipinski definition) is 2. The van der Waals surface area contributed by atoms with Gasteiger partial charge in [-0.15, -0.1) is 0 Å². The van der Waals surface area contributed by atoms with E-state index in [-0.39, 0.29) is 5.91 Å². The van der Waals surface area contributed by atoms with Crippen LogP contribution in [0.1, 0.15) is 28.5 Å². The number of aryl methyl sites for hydroxylation is 2. The van der Waals surface area contributed by atoms with E-state index >= 15 is 0 Å². The van der Waals surface area contributed by atoms with Crippen LogP contribution >= 0.6 is 0 Å². The Labute approximate surface area is 100 Å². The lowest BCUT2D eigenvalue weighted by Crippen LogP contribution is -2.12. The molecule has 88 valence electrons.